The zero-order valence-corrected chi connectivity index (χ0v) is 8.34. The average Bonchev–Trinajstić information content (AvgIpc) is 2.24. The third kappa shape index (κ3) is 2.04. The number of ether oxygens (including phenoxy) is 1. The highest BCUT2D eigenvalue weighted by Crippen LogP contribution is 2.25. The molecule has 0 saturated carbocycles. The Morgan fingerprint density at radius 1 is 1.13 bits per heavy atom. The molecule has 1 aromatic carbocycles. The average molecular weight is 201 g/mol. The van der Waals surface area contributed by atoms with Crippen molar-refractivity contribution in [1.29, 1.82) is 0 Å². The molecule has 15 heavy (non-hydrogen) atoms. The molecule has 0 aliphatic rings. The maximum Gasteiger partial charge on any atom is 0.262 e. The Labute approximate surface area is 87.7 Å². The van der Waals surface area contributed by atoms with Crippen molar-refractivity contribution in [3.63, 3.8) is 0 Å². The molecule has 0 bridgehead atoms. The molecule has 0 amide bonds. The van der Waals surface area contributed by atoms with Crippen molar-refractivity contribution in [3.05, 3.63) is 42.2 Å². The first-order valence-electron chi connectivity index (χ1n) is 4.57. The number of nitrogens with two attached hydrogens (primary N) is 1. The molecule has 0 atom stereocenters. The first kappa shape index (κ1) is 9.45. The van der Waals surface area contributed by atoms with Gasteiger partial charge >= 0.3 is 0 Å². The van der Waals surface area contributed by atoms with Crippen LogP contribution in [0.15, 0.2) is 36.7 Å². The standard InChI is InChI=1S/C11H11N3O/c1-8-4-2-3-5-9(8)15-11-10(12)13-6-7-14-11/h2-7H,1H3,(H2,12,13). The van der Waals surface area contributed by atoms with Gasteiger partial charge in [0.2, 0.25) is 0 Å². The fourth-order valence-corrected chi connectivity index (χ4v) is 1.19. The third-order valence-electron chi connectivity index (χ3n) is 1.99. The number of hydrogen-bond donors (Lipinski definition) is 1. The van der Waals surface area contributed by atoms with Crippen molar-refractivity contribution < 1.29 is 4.74 Å². The van der Waals surface area contributed by atoms with Gasteiger partial charge in [-0.05, 0) is 18.6 Å². The second kappa shape index (κ2) is 3.96. The van der Waals surface area contributed by atoms with E-state index in [0.29, 0.717) is 11.7 Å². The molecule has 0 aliphatic heterocycles. The van der Waals surface area contributed by atoms with Crippen molar-refractivity contribution in [1.82, 2.24) is 9.97 Å². The van der Waals surface area contributed by atoms with Crippen molar-refractivity contribution in [2.75, 3.05) is 5.73 Å². The number of nitrogens with zero attached hydrogens (tertiary/aromatic N) is 2. The largest absolute Gasteiger partial charge is 0.436 e. The van der Waals surface area contributed by atoms with E-state index in [1.165, 1.54) is 6.20 Å². The van der Waals surface area contributed by atoms with Gasteiger partial charge in [-0.3, -0.25) is 0 Å². The first-order chi connectivity index (χ1) is 7.27. The van der Waals surface area contributed by atoms with Crippen LogP contribution in [0, 0.1) is 6.92 Å². The van der Waals surface area contributed by atoms with E-state index in [2.05, 4.69) is 9.97 Å². The van der Waals surface area contributed by atoms with Crippen LogP contribution in [-0.2, 0) is 0 Å². The predicted octanol–water partition coefficient (Wildman–Crippen LogP) is 2.16. The van der Waals surface area contributed by atoms with Gasteiger partial charge in [-0.15, -0.1) is 0 Å². The van der Waals surface area contributed by atoms with Crippen LogP contribution >= 0.6 is 0 Å². The van der Waals surface area contributed by atoms with Crippen LogP contribution in [0.2, 0.25) is 0 Å². The summed E-state index contributed by atoms with van der Waals surface area (Å²) >= 11 is 0. The fourth-order valence-electron chi connectivity index (χ4n) is 1.19. The number of aryl methyl sites for hydroxylation is 1. The zero-order chi connectivity index (χ0) is 10.7. The Morgan fingerprint density at radius 3 is 2.60 bits per heavy atom. The van der Waals surface area contributed by atoms with Gasteiger partial charge in [-0.2, -0.15) is 0 Å². The minimum atomic E-state index is 0.292. The predicted molar refractivity (Wildman–Crippen MR) is 57.7 cm³/mol. The third-order valence-corrected chi connectivity index (χ3v) is 1.99. The molecule has 0 aliphatic carbocycles. The number of anilines is 1. The Bertz CT molecular complexity index is 427. The molecule has 0 spiro atoms. The summed E-state index contributed by atoms with van der Waals surface area (Å²) in [5.74, 6) is 1.37. The lowest BCUT2D eigenvalue weighted by atomic mass is 10.2. The van der Waals surface area contributed by atoms with E-state index in [0.717, 1.165) is 11.3 Å². The van der Waals surface area contributed by atoms with Gasteiger partial charge in [0.05, 0.1) is 0 Å². The van der Waals surface area contributed by atoms with E-state index >= 15 is 0 Å². The van der Waals surface area contributed by atoms with Crippen molar-refractivity contribution >= 4 is 5.82 Å². The molecule has 0 fully saturated rings. The minimum absolute atomic E-state index is 0.292. The molecule has 4 heteroatoms. The van der Waals surface area contributed by atoms with E-state index in [4.69, 9.17) is 10.5 Å². The smallest absolute Gasteiger partial charge is 0.262 e. The van der Waals surface area contributed by atoms with Gasteiger partial charge in [-0.1, -0.05) is 18.2 Å². The van der Waals surface area contributed by atoms with E-state index in [-0.39, 0.29) is 0 Å². The molecule has 2 aromatic rings. The van der Waals surface area contributed by atoms with E-state index in [9.17, 15) is 0 Å². The SMILES string of the molecule is Cc1ccccc1Oc1nccnc1N. The Kier molecular flexibility index (Phi) is 2.49. The lowest BCUT2D eigenvalue weighted by Gasteiger charge is -2.07. The lowest BCUT2D eigenvalue weighted by Crippen LogP contribution is -1.97. The first-order valence-corrected chi connectivity index (χ1v) is 4.57. The Hall–Kier alpha value is -2.10. The highest BCUT2D eigenvalue weighted by Gasteiger charge is 2.05. The fraction of sp³-hybridized carbons (Fsp3) is 0.0909. The topological polar surface area (TPSA) is 61.0 Å². The van der Waals surface area contributed by atoms with Crippen LogP contribution in [0.5, 0.6) is 11.6 Å². The summed E-state index contributed by atoms with van der Waals surface area (Å²) in [6.45, 7) is 1.96. The highest BCUT2D eigenvalue weighted by molar-refractivity contribution is 5.43. The van der Waals surface area contributed by atoms with Crippen molar-refractivity contribution in [2.24, 2.45) is 0 Å². The van der Waals surface area contributed by atoms with Gasteiger partial charge in [0.25, 0.3) is 5.88 Å². The Balaban J connectivity index is 2.30. The molecular weight excluding hydrogens is 190 g/mol. The normalized spacial score (nSPS) is 9.93. The molecular formula is C11H11N3O. The monoisotopic (exact) mass is 201 g/mol. The van der Waals surface area contributed by atoms with E-state index in [1.807, 2.05) is 31.2 Å². The molecule has 1 heterocycles. The van der Waals surface area contributed by atoms with Crippen LogP contribution < -0.4 is 10.5 Å². The lowest BCUT2D eigenvalue weighted by molar-refractivity contribution is 0.460. The quantitative estimate of drug-likeness (QED) is 0.808. The van der Waals surface area contributed by atoms with Crippen LogP contribution in [-0.4, -0.2) is 9.97 Å². The number of benzene rings is 1. The summed E-state index contributed by atoms with van der Waals surface area (Å²) in [7, 11) is 0. The maximum atomic E-state index is 5.62. The van der Waals surface area contributed by atoms with Crippen molar-refractivity contribution in [2.45, 2.75) is 6.92 Å². The number of nitrogen functional groups attached to an aromatic ring is 1. The number of hydrogen-bond acceptors (Lipinski definition) is 4. The number of aromatic nitrogens is 2. The molecule has 0 unspecified atom stereocenters. The molecule has 1 aromatic heterocycles. The molecule has 2 N–H and O–H groups in total. The van der Waals surface area contributed by atoms with E-state index in [1.54, 1.807) is 6.20 Å². The second-order valence-electron chi connectivity index (χ2n) is 3.11. The Morgan fingerprint density at radius 2 is 1.87 bits per heavy atom. The number of para-hydroxylation sites is 1. The second-order valence-corrected chi connectivity index (χ2v) is 3.11. The zero-order valence-electron chi connectivity index (χ0n) is 8.34. The van der Waals surface area contributed by atoms with Gasteiger partial charge in [0, 0.05) is 12.4 Å². The van der Waals surface area contributed by atoms with Crippen LogP contribution in [0.4, 0.5) is 5.82 Å². The van der Waals surface area contributed by atoms with Gasteiger partial charge in [0.15, 0.2) is 5.82 Å². The molecule has 76 valence electrons. The number of rotatable bonds is 2. The van der Waals surface area contributed by atoms with E-state index < -0.39 is 0 Å². The maximum absolute atomic E-state index is 5.62. The van der Waals surface area contributed by atoms with Gasteiger partial charge < -0.3 is 10.5 Å². The summed E-state index contributed by atoms with van der Waals surface area (Å²) in [6.07, 6.45) is 3.07. The van der Waals surface area contributed by atoms with Crippen LogP contribution in [0.3, 0.4) is 0 Å². The summed E-state index contributed by atoms with van der Waals surface area (Å²) in [4.78, 5) is 7.90. The van der Waals surface area contributed by atoms with Crippen LogP contribution in [0.1, 0.15) is 5.56 Å². The van der Waals surface area contributed by atoms with Crippen LogP contribution in [0.25, 0.3) is 0 Å². The highest BCUT2D eigenvalue weighted by atomic mass is 16.5. The van der Waals surface area contributed by atoms with Crippen molar-refractivity contribution in [3.8, 4) is 11.6 Å². The molecule has 0 radical (unpaired) electrons. The minimum Gasteiger partial charge on any atom is -0.436 e. The summed E-state index contributed by atoms with van der Waals surface area (Å²) in [5, 5.41) is 0. The summed E-state index contributed by atoms with van der Waals surface area (Å²) in [5.41, 5.74) is 6.65. The van der Waals surface area contributed by atoms with Gasteiger partial charge in [0.1, 0.15) is 5.75 Å². The molecule has 0 saturated heterocycles. The van der Waals surface area contributed by atoms with Gasteiger partial charge in [-0.25, -0.2) is 9.97 Å². The summed E-state index contributed by atoms with van der Waals surface area (Å²) < 4.78 is 5.54. The summed E-state index contributed by atoms with van der Waals surface area (Å²) in [6, 6.07) is 7.67. The molecule has 2 rings (SSSR count). The molecule has 4 nitrogen and oxygen atoms in total.